The summed E-state index contributed by atoms with van der Waals surface area (Å²) in [5, 5.41) is 7.27. The zero-order valence-corrected chi connectivity index (χ0v) is 21.5. The molecule has 0 aliphatic heterocycles. The fourth-order valence-electron chi connectivity index (χ4n) is 4.80. The van der Waals surface area contributed by atoms with Gasteiger partial charge >= 0.3 is 0 Å². The van der Waals surface area contributed by atoms with E-state index < -0.39 is 0 Å². The molecule has 0 radical (unpaired) electrons. The van der Waals surface area contributed by atoms with Gasteiger partial charge in [0.05, 0.1) is 0 Å². The summed E-state index contributed by atoms with van der Waals surface area (Å²) in [6.45, 7) is 0. The first-order valence-corrected chi connectivity index (χ1v) is 13.1. The molecular formula is C36H29N3. The van der Waals surface area contributed by atoms with Crippen molar-refractivity contribution in [2.75, 3.05) is 15.5 Å². The second-order valence-corrected chi connectivity index (χ2v) is 9.26. The van der Waals surface area contributed by atoms with Crippen molar-refractivity contribution in [3.63, 3.8) is 0 Å². The third kappa shape index (κ3) is 5.53. The molecule has 6 aromatic carbocycles. The Morgan fingerprint density at radius 2 is 0.718 bits per heavy atom. The molecule has 0 aromatic heterocycles. The van der Waals surface area contributed by atoms with Crippen LogP contribution in [-0.2, 0) is 0 Å². The minimum atomic E-state index is 1.04. The van der Waals surface area contributed by atoms with Gasteiger partial charge in [-0.3, -0.25) is 0 Å². The maximum Gasteiger partial charge on any atom is 0.0485 e. The molecule has 2 N–H and O–H groups in total. The van der Waals surface area contributed by atoms with Crippen LogP contribution in [0.5, 0.6) is 0 Å². The number of benzene rings is 6. The molecular weight excluding hydrogens is 474 g/mol. The van der Waals surface area contributed by atoms with E-state index in [1.165, 1.54) is 0 Å². The van der Waals surface area contributed by atoms with Crippen LogP contribution in [0, 0.1) is 0 Å². The van der Waals surface area contributed by atoms with E-state index in [2.05, 4.69) is 131 Å². The topological polar surface area (TPSA) is 27.3 Å². The normalized spacial score (nSPS) is 10.6. The van der Waals surface area contributed by atoms with Crippen LogP contribution >= 0.6 is 0 Å². The summed E-state index contributed by atoms with van der Waals surface area (Å²) in [6, 6.07) is 56.7. The number of anilines is 7. The maximum atomic E-state index is 3.64. The van der Waals surface area contributed by atoms with E-state index in [0.29, 0.717) is 0 Å². The Hall–Kier alpha value is -5.28. The van der Waals surface area contributed by atoms with Crippen LogP contribution in [0.2, 0.25) is 0 Å². The molecule has 0 saturated carbocycles. The lowest BCUT2D eigenvalue weighted by atomic mass is 10.00. The third-order valence-electron chi connectivity index (χ3n) is 6.61. The first kappa shape index (κ1) is 24.1. The molecule has 39 heavy (non-hydrogen) atoms. The van der Waals surface area contributed by atoms with Gasteiger partial charge in [-0.25, -0.2) is 0 Å². The molecule has 0 spiro atoms. The average Bonchev–Trinajstić information content (AvgIpc) is 3.00. The van der Waals surface area contributed by atoms with E-state index in [1.54, 1.807) is 0 Å². The summed E-state index contributed by atoms with van der Waals surface area (Å²) >= 11 is 0. The summed E-state index contributed by atoms with van der Waals surface area (Å²) in [5.74, 6) is 0. The van der Waals surface area contributed by atoms with Crippen molar-refractivity contribution in [1.29, 1.82) is 0 Å². The van der Waals surface area contributed by atoms with Crippen LogP contribution < -0.4 is 15.5 Å². The SMILES string of the molecule is c1ccc(Nc2cccc(Nc3ccccc3)c2-c2ccc(N(c3ccccc3)c3ccccc3)cc2)cc1. The summed E-state index contributed by atoms with van der Waals surface area (Å²) in [7, 11) is 0. The molecule has 0 bridgehead atoms. The van der Waals surface area contributed by atoms with E-state index in [9.17, 15) is 0 Å². The smallest absolute Gasteiger partial charge is 0.0485 e. The van der Waals surface area contributed by atoms with E-state index in [-0.39, 0.29) is 0 Å². The molecule has 188 valence electrons. The van der Waals surface area contributed by atoms with Crippen molar-refractivity contribution in [2.45, 2.75) is 0 Å². The van der Waals surface area contributed by atoms with Crippen LogP contribution in [0.15, 0.2) is 164 Å². The largest absolute Gasteiger partial charge is 0.355 e. The summed E-state index contributed by atoms with van der Waals surface area (Å²) in [5.41, 5.74) is 9.75. The van der Waals surface area contributed by atoms with Crippen LogP contribution in [0.1, 0.15) is 0 Å². The Bertz CT molecular complexity index is 1520. The molecule has 3 heteroatoms. The predicted octanol–water partition coefficient (Wildman–Crippen LogP) is 10.3. The van der Waals surface area contributed by atoms with E-state index in [4.69, 9.17) is 0 Å². The van der Waals surface area contributed by atoms with Crippen molar-refractivity contribution in [3.8, 4) is 11.1 Å². The first-order valence-electron chi connectivity index (χ1n) is 13.1. The zero-order valence-electron chi connectivity index (χ0n) is 21.5. The van der Waals surface area contributed by atoms with Gasteiger partial charge in [0, 0.05) is 45.4 Å². The zero-order chi connectivity index (χ0) is 26.3. The molecule has 0 aliphatic carbocycles. The van der Waals surface area contributed by atoms with Crippen LogP contribution in [0.4, 0.5) is 39.8 Å². The molecule has 0 unspecified atom stereocenters. The van der Waals surface area contributed by atoms with E-state index in [1.807, 2.05) is 48.5 Å². The fourth-order valence-corrected chi connectivity index (χ4v) is 4.80. The van der Waals surface area contributed by atoms with Crippen LogP contribution in [0.25, 0.3) is 11.1 Å². The summed E-state index contributed by atoms with van der Waals surface area (Å²) in [6.07, 6.45) is 0. The van der Waals surface area contributed by atoms with Crippen molar-refractivity contribution >= 4 is 39.8 Å². The predicted molar refractivity (Wildman–Crippen MR) is 166 cm³/mol. The fraction of sp³-hybridized carbons (Fsp3) is 0. The van der Waals surface area contributed by atoms with Gasteiger partial charge in [-0.05, 0) is 78.4 Å². The van der Waals surface area contributed by atoms with Gasteiger partial charge in [-0.2, -0.15) is 0 Å². The van der Waals surface area contributed by atoms with Gasteiger partial charge in [0.15, 0.2) is 0 Å². The Morgan fingerprint density at radius 1 is 0.333 bits per heavy atom. The molecule has 0 fully saturated rings. The van der Waals surface area contributed by atoms with Gasteiger partial charge in [0.2, 0.25) is 0 Å². The Balaban J connectivity index is 1.43. The van der Waals surface area contributed by atoms with E-state index >= 15 is 0 Å². The minimum Gasteiger partial charge on any atom is -0.355 e. The number of hydrogen-bond donors (Lipinski definition) is 2. The lowest BCUT2D eigenvalue weighted by Gasteiger charge is -2.26. The highest BCUT2D eigenvalue weighted by Crippen LogP contribution is 2.40. The molecule has 0 atom stereocenters. The highest BCUT2D eigenvalue weighted by molar-refractivity contribution is 5.93. The van der Waals surface area contributed by atoms with Gasteiger partial charge in [-0.1, -0.05) is 91.0 Å². The Kier molecular flexibility index (Phi) is 7.04. The lowest BCUT2D eigenvalue weighted by Crippen LogP contribution is -2.09. The molecule has 3 nitrogen and oxygen atoms in total. The first-order chi connectivity index (χ1) is 19.3. The molecule has 0 amide bonds. The Labute approximate surface area is 230 Å². The van der Waals surface area contributed by atoms with Crippen molar-refractivity contribution in [2.24, 2.45) is 0 Å². The van der Waals surface area contributed by atoms with Gasteiger partial charge in [0.25, 0.3) is 0 Å². The number of hydrogen-bond acceptors (Lipinski definition) is 3. The number of para-hydroxylation sites is 4. The van der Waals surface area contributed by atoms with Crippen molar-refractivity contribution in [1.82, 2.24) is 0 Å². The highest BCUT2D eigenvalue weighted by Gasteiger charge is 2.15. The monoisotopic (exact) mass is 503 g/mol. The van der Waals surface area contributed by atoms with Crippen molar-refractivity contribution < 1.29 is 0 Å². The minimum absolute atomic E-state index is 1.04. The Morgan fingerprint density at radius 3 is 1.15 bits per heavy atom. The van der Waals surface area contributed by atoms with Gasteiger partial charge in [0.1, 0.15) is 0 Å². The number of rotatable bonds is 8. The molecule has 6 aromatic rings. The molecule has 0 aliphatic rings. The maximum absolute atomic E-state index is 3.64. The van der Waals surface area contributed by atoms with Crippen LogP contribution in [0.3, 0.4) is 0 Å². The summed E-state index contributed by atoms with van der Waals surface area (Å²) < 4.78 is 0. The van der Waals surface area contributed by atoms with E-state index in [0.717, 1.165) is 50.9 Å². The summed E-state index contributed by atoms with van der Waals surface area (Å²) in [4.78, 5) is 2.28. The molecule has 0 heterocycles. The quantitative estimate of drug-likeness (QED) is 0.216. The average molecular weight is 504 g/mol. The third-order valence-corrected chi connectivity index (χ3v) is 6.61. The number of nitrogens with zero attached hydrogens (tertiary/aromatic N) is 1. The second kappa shape index (κ2) is 11.4. The molecule has 6 rings (SSSR count). The lowest BCUT2D eigenvalue weighted by molar-refractivity contribution is 1.28. The highest BCUT2D eigenvalue weighted by atomic mass is 15.1. The number of nitrogens with one attached hydrogen (secondary N) is 2. The van der Waals surface area contributed by atoms with Crippen LogP contribution in [-0.4, -0.2) is 0 Å². The van der Waals surface area contributed by atoms with Crippen molar-refractivity contribution in [3.05, 3.63) is 164 Å². The van der Waals surface area contributed by atoms with Gasteiger partial charge < -0.3 is 15.5 Å². The standard InChI is InChI=1S/C36H29N3/c1-5-14-29(15-6-1)37-34-22-13-23-35(38-30-16-7-2-8-17-30)36(34)28-24-26-33(27-25-28)39(31-18-9-3-10-19-31)32-20-11-4-12-21-32/h1-27,37-38H. The van der Waals surface area contributed by atoms with Gasteiger partial charge in [-0.15, -0.1) is 0 Å². The molecule has 0 saturated heterocycles. The second-order valence-electron chi connectivity index (χ2n) is 9.26.